The Balaban J connectivity index is 1.51. The highest BCUT2D eigenvalue weighted by atomic mass is 32.2. The maximum Gasteiger partial charge on any atom is 0.271 e. The van der Waals surface area contributed by atoms with Crippen LogP contribution in [0.2, 0.25) is 0 Å². The summed E-state index contributed by atoms with van der Waals surface area (Å²) in [7, 11) is 0. The second-order valence-electron chi connectivity index (χ2n) is 6.08. The van der Waals surface area contributed by atoms with Gasteiger partial charge in [0, 0.05) is 30.8 Å². The van der Waals surface area contributed by atoms with Crippen LogP contribution in [-0.4, -0.2) is 33.7 Å². The van der Waals surface area contributed by atoms with E-state index in [0.29, 0.717) is 17.4 Å². The minimum Gasteiger partial charge on any atom is -0.326 e. The molecule has 9 heteroatoms. The van der Waals surface area contributed by atoms with Crippen LogP contribution in [0, 0.1) is 10.1 Å². The minimum absolute atomic E-state index is 0.0447. The summed E-state index contributed by atoms with van der Waals surface area (Å²) >= 11 is 1.22. The SMILES string of the molecule is O=C(C[C@H]1SC(=NCCc2ccccc2)NC1=O)Nc1cccc([N+](=O)[O-])c1. The molecule has 3 rings (SSSR count). The number of amidine groups is 1. The van der Waals surface area contributed by atoms with Crippen LogP contribution in [0.4, 0.5) is 11.4 Å². The number of nitro groups is 1. The van der Waals surface area contributed by atoms with Gasteiger partial charge in [-0.15, -0.1) is 0 Å². The maximum atomic E-state index is 12.2. The number of nitro benzene ring substituents is 1. The molecule has 1 fully saturated rings. The molecule has 8 nitrogen and oxygen atoms in total. The predicted molar refractivity (Wildman–Crippen MR) is 108 cm³/mol. The van der Waals surface area contributed by atoms with Crippen molar-refractivity contribution in [2.45, 2.75) is 18.1 Å². The first-order chi connectivity index (χ1) is 13.5. The molecule has 0 bridgehead atoms. The summed E-state index contributed by atoms with van der Waals surface area (Å²) < 4.78 is 0. The summed E-state index contributed by atoms with van der Waals surface area (Å²) in [6.45, 7) is 0.541. The molecule has 0 aromatic heterocycles. The number of aliphatic imine (C=N–C) groups is 1. The lowest BCUT2D eigenvalue weighted by Crippen LogP contribution is -2.28. The molecule has 2 aromatic rings. The number of nitrogens with one attached hydrogen (secondary N) is 2. The molecule has 0 saturated carbocycles. The zero-order valence-electron chi connectivity index (χ0n) is 14.8. The summed E-state index contributed by atoms with van der Waals surface area (Å²) in [5.41, 5.74) is 1.37. The van der Waals surface area contributed by atoms with Gasteiger partial charge in [-0.1, -0.05) is 48.2 Å². The van der Waals surface area contributed by atoms with Gasteiger partial charge in [0.2, 0.25) is 11.8 Å². The number of nitrogens with zero attached hydrogens (tertiary/aromatic N) is 2. The maximum absolute atomic E-state index is 12.2. The highest BCUT2D eigenvalue weighted by molar-refractivity contribution is 8.15. The van der Waals surface area contributed by atoms with Crippen molar-refractivity contribution in [2.75, 3.05) is 11.9 Å². The number of anilines is 1. The summed E-state index contributed by atoms with van der Waals surface area (Å²) in [5.74, 6) is -0.656. The van der Waals surface area contributed by atoms with Crippen molar-refractivity contribution in [1.29, 1.82) is 0 Å². The van der Waals surface area contributed by atoms with Crippen molar-refractivity contribution >= 4 is 40.1 Å². The fraction of sp³-hybridized carbons (Fsp3) is 0.211. The molecule has 0 radical (unpaired) electrons. The number of thioether (sulfide) groups is 1. The van der Waals surface area contributed by atoms with Gasteiger partial charge in [-0.25, -0.2) is 0 Å². The van der Waals surface area contributed by atoms with Crippen LogP contribution < -0.4 is 10.6 Å². The topological polar surface area (TPSA) is 114 Å². The fourth-order valence-corrected chi connectivity index (χ4v) is 3.62. The first-order valence-electron chi connectivity index (χ1n) is 8.61. The van der Waals surface area contributed by atoms with Gasteiger partial charge in [0.15, 0.2) is 5.17 Å². The van der Waals surface area contributed by atoms with Crippen molar-refractivity contribution in [2.24, 2.45) is 4.99 Å². The number of amides is 2. The largest absolute Gasteiger partial charge is 0.326 e. The molecule has 0 aliphatic carbocycles. The highest BCUT2D eigenvalue weighted by Crippen LogP contribution is 2.24. The predicted octanol–water partition coefficient (Wildman–Crippen LogP) is 2.75. The molecular weight excluding hydrogens is 380 g/mol. The van der Waals surface area contributed by atoms with Gasteiger partial charge in [-0.05, 0) is 18.1 Å². The van der Waals surface area contributed by atoms with Crippen LogP contribution in [0.1, 0.15) is 12.0 Å². The zero-order chi connectivity index (χ0) is 19.9. The Labute approximate surface area is 165 Å². The second-order valence-corrected chi connectivity index (χ2v) is 7.27. The zero-order valence-corrected chi connectivity index (χ0v) is 15.6. The van der Waals surface area contributed by atoms with E-state index in [9.17, 15) is 19.7 Å². The van der Waals surface area contributed by atoms with E-state index in [1.807, 2.05) is 30.3 Å². The first-order valence-corrected chi connectivity index (χ1v) is 9.49. The molecule has 28 heavy (non-hydrogen) atoms. The molecule has 1 aliphatic heterocycles. The minimum atomic E-state index is -0.575. The van der Waals surface area contributed by atoms with E-state index in [0.717, 1.165) is 12.0 Å². The van der Waals surface area contributed by atoms with Gasteiger partial charge < -0.3 is 10.6 Å². The van der Waals surface area contributed by atoms with Crippen molar-refractivity contribution < 1.29 is 14.5 Å². The van der Waals surface area contributed by atoms with Gasteiger partial charge >= 0.3 is 0 Å². The summed E-state index contributed by atoms with van der Waals surface area (Å²) in [4.78, 5) is 38.9. The fourth-order valence-electron chi connectivity index (χ4n) is 2.62. The number of carbonyl (C=O) groups excluding carboxylic acids is 2. The Bertz CT molecular complexity index is 917. The molecule has 1 saturated heterocycles. The molecule has 1 aliphatic rings. The Morgan fingerprint density at radius 1 is 1.21 bits per heavy atom. The molecule has 1 heterocycles. The standard InChI is InChI=1S/C19H18N4O4S/c24-17(21-14-7-4-8-15(11-14)23(26)27)12-16-18(25)22-19(28-16)20-10-9-13-5-2-1-3-6-13/h1-8,11,16H,9-10,12H2,(H,21,24)(H,20,22,25)/t16-/m1/s1. The van der Waals surface area contributed by atoms with Crippen LogP contribution in [0.25, 0.3) is 0 Å². The van der Waals surface area contributed by atoms with E-state index >= 15 is 0 Å². The molecular formula is C19H18N4O4S. The van der Waals surface area contributed by atoms with Crippen LogP contribution >= 0.6 is 11.8 Å². The summed E-state index contributed by atoms with van der Waals surface area (Å²) in [6.07, 6.45) is 0.718. The van der Waals surface area contributed by atoms with Gasteiger partial charge in [-0.2, -0.15) is 0 Å². The number of carbonyl (C=O) groups is 2. The number of benzene rings is 2. The summed E-state index contributed by atoms with van der Waals surface area (Å²) in [5, 5.41) is 16.0. The Kier molecular flexibility index (Phi) is 6.38. The third kappa shape index (κ3) is 5.40. The average Bonchev–Trinajstić information content (AvgIpc) is 3.02. The Morgan fingerprint density at radius 3 is 2.75 bits per heavy atom. The molecule has 0 unspecified atom stereocenters. The normalized spacial score (nSPS) is 17.4. The molecule has 1 atom stereocenters. The molecule has 2 aromatic carbocycles. The van der Waals surface area contributed by atoms with E-state index < -0.39 is 16.1 Å². The Morgan fingerprint density at radius 2 is 2.00 bits per heavy atom. The number of hydrogen-bond donors (Lipinski definition) is 2. The smallest absolute Gasteiger partial charge is 0.271 e. The first kappa shape index (κ1) is 19.6. The van der Waals surface area contributed by atoms with E-state index in [4.69, 9.17) is 0 Å². The average molecular weight is 398 g/mol. The van der Waals surface area contributed by atoms with Crippen LogP contribution in [0.3, 0.4) is 0 Å². The van der Waals surface area contributed by atoms with E-state index in [2.05, 4.69) is 15.6 Å². The second kappa shape index (κ2) is 9.14. The lowest BCUT2D eigenvalue weighted by atomic mass is 10.2. The number of hydrogen-bond acceptors (Lipinski definition) is 6. The van der Waals surface area contributed by atoms with Crippen molar-refractivity contribution in [1.82, 2.24) is 5.32 Å². The van der Waals surface area contributed by atoms with Crippen LogP contribution in [0.5, 0.6) is 0 Å². The van der Waals surface area contributed by atoms with Crippen molar-refractivity contribution in [3.8, 4) is 0 Å². The highest BCUT2D eigenvalue weighted by Gasteiger charge is 2.32. The lowest BCUT2D eigenvalue weighted by molar-refractivity contribution is -0.384. The van der Waals surface area contributed by atoms with Crippen molar-refractivity contribution in [3.05, 3.63) is 70.3 Å². The third-order valence-corrected chi connectivity index (χ3v) is 5.11. The van der Waals surface area contributed by atoms with Crippen molar-refractivity contribution in [3.63, 3.8) is 0 Å². The van der Waals surface area contributed by atoms with Crippen LogP contribution in [-0.2, 0) is 16.0 Å². The van der Waals surface area contributed by atoms with Gasteiger partial charge in [-0.3, -0.25) is 24.7 Å². The quantitative estimate of drug-likeness (QED) is 0.550. The number of non-ortho nitro benzene ring substituents is 1. The molecule has 2 N–H and O–H groups in total. The summed E-state index contributed by atoms with van der Waals surface area (Å²) in [6, 6.07) is 15.6. The molecule has 0 spiro atoms. The van der Waals surface area contributed by atoms with Crippen LogP contribution in [0.15, 0.2) is 59.6 Å². The number of rotatable bonds is 7. The molecule has 2 amide bonds. The third-order valence-electron chi connectivity index (χ3n) is 3.99. The van der Waals surface area contributed by atoms with E-state index in [1.54, 1.807) is 6.07 Å². The van der Waals surface area contributed by atoms with Gasteiger partial charge in [0.1, 0.15) is 5.25 Å². The van der Waals surface area contributed by atoms with Gasteiger partial charge in [0.05, 0.1) is 4.92 Å². The lowest BCUT2D eigenvalue weighted by Gasteiger charge is -2.07. The Hall–Kier alpha value is -3.20. The van der Waals surface area contributed by atoms with E-state index in [-0.39, 0.29) is 18.0 Å². The molecule has 144 valence electrons. The van der Waals surface area contributed by atoms with E-state index in [1.165, 1.54) is 30.0 Å². The van der Waals surface area contributed by atoms with Gasteiger partial charge in [0.25, 0.3) is 5.69 Å². The monoisotopic (exact) mass is 398 g/mol.